The Labute approximate surface area is 99.4 Å². The van der Waals surface area contributed by atoms with E-state index in [0.29, 0.717) is 0 Å². The summed E-state index contributed by atoms with van der Waals surface area (Å²) >= 11 is 0. The smallest absolute Gasteiger partial charge is 0.365 e. The number of alkyl halides is 3. The molecule has 0 bridgehead atoms. The summed E-state index contributed by atoms with van der Waals surface area (Å²) in [6.07, 6.45) is -1.74. The highest BCUT2D eigenvalue weighted by Gasteiger charge is 2.41. The van der Waals surface area contributed by atoms with Crippen molar-refractivity contribution >= 4 is 11.6 Å². The summed E-state index contributed by atoms with van der Waals surface area (Å²) in [6, 6.07) is 1.49. The number of nitrogens with two attached hydrogens (primary N) is 1. The molecule has 0 aromatic carbocycles. The van der Waals surface area contributed by atoms with Crippen molar-refractivity contribution in [1.82, 2.24) is 14.6 Å². The van der Waals surface area contributed by atoms with E-state index >= 15 is 0 Å². The first kappa shape index (κ1) is 12.3. The van der Waals surface area contributed by atoms with Gasteiger partial charge in [0, 0.05) is 12.4 Å². The number of aromatic nitrogens is 3. The van der Waals surface area contributed by atoms with Crippen LogP contribution in [0, 0.1) is 0 Å². The molecule has 96 valence electrons. The molecule has 2 aromatic heterocycles. The quantitative estimate of drug-likeness (QED) is 0.886. The third-order valence-corrected chi connectivity index (χ3v) is 2.57. The van der Waals surface area contributed by atoms with E-state index in [-0.39, 0.29) is 11.2 Å². The number of amides is 1. The average molecular weight is 258 g/mol. The van der Waals surface area contributed by atoms with Gasteiger partial charge in [0.2, 0.25) is 0 Å². The highest BCUT2D eigenvalue weighted by Crippen LogP contribution is 2.35. The third kappa shape index (κ3) is 1.89. The molecule has 5 nitrogen and oxygen atoms in total. The van der Waals surface area contributed by atoms with Crippen LogP contribution in [0.5, 0.6) is 0 Å². The molecule has 0 aliphatic carbocycles. The fraction of sp³-hybridized carbons (Fsp3) is 0.300. The molecule has 1 amide bonds. The van der Waals surface area contributed by atoms with Gasteiger partial charge in [-0.1, -0.05) is 0 Å². The molecule has 0 aliphatic heterocycles. The molecule has 2 aromatic rings. The number of carbonyl (C=O) groups is 1. The van der Waals surface area contributed by atoms with E-state index in [2.05, 4.69) is 10.1 Å². The number of rotatable bonds is 2. The first-order chi connectivity index (χ1) is 8.32. The van der Waals surface area contributed by atoms with Gasteiger partial charge in [0.15, 0.2) is 5.65 Å². The number of carbonyl (C=O) groups excluding carboxylic acids is 1. The van der Waals surface area contributed by atoms with Gasteiger partial charge in [-0.05, 0) is 13.0 Å². The molecule has 2 rings (SSSR count). The van der Waals surface area contributed by atoms with Crippen LogP contribution in [0.4, 0.5) is 13.2 Å². The van der Waals surface area contributed by atoms with Crippen molar-refractivity contribution in [2.45, 2.75) is 19.0 Å². The first-order valence-corrected chi connectivity index (χ1v) is 5.02. The van der Waals surface area contributed by atoms with Crippen LogP contribution >= 0.6 is 0 Å². The minimum absolute atomic E-state index is 0.0242. The van der Waals surface area contributed by atoms with Gasteiger partial charge < -0.3 is 5.73 Å². The maximum absolute atomic E-state index is 12.7. The van der Waals surface area contributed by atoms with E-state index in [1.165, 1.54) is 18.5 Å². The molecule has 2 heterocycles. The lowest BCUT2D eigenvalue weighted by molar-refractivity contribution is -0.147. The number of nitrogens with zero attached hydrogens (tertiary/aromatic N) is 3. The average Bonchev–Trinajstić information content (AvgIpc) is 2.65. The van der Waals surface area contributed by atoms with Crippen molar-refractivity contribution in [2.24, 2.45) is 5.73 Å². The normalized spacial score (nSPS) is 13.8. The van der Waals surface area contributed by atoms with E-state index in [1.54, 1.807) is 0 Å². The maximum Gasteiger partial charge on any atom is 0.397 e. The van der Waals surface area contributed by atoms with Crippen LogP contribution in [-0.4, -0.2) is 26.7 Å². The Morgan fingerprint density at radius 3 is 2.72 bits per heavy atom. The second-order valence-corrected chi connectivity index (χ2v) is 3.78. The highest BCUT2D eigenvalue weighted by molar-refractivity contribution is 6.00. The second kappa shape index (κ2) is 3.97. The number of halogens is 3. The predicted molar refractivity (Wildman–Crippen MR) is 56.0 cm³/mol. The van der Waals surface area contributed by atoms with Crippen LogP contribution in [0.2, 0.25) is 0 Å². The fourth-order valence-corrected chi connectivity index (χ4v) is 1.60. The lowest BCUT2D eigenvalue weighted by Crippen LogP contribution is -2.22. The van der Waals surface area contributed by atoms with Gasteiger partial charge in [-0.15, -0.1) is 0 Å². The number of hydrogen-bond donors (Lipinski definition) is 1. The predicted octanol–water partition coefficient (Wildman–Crippen LogP) is 1.49. The van der Waals surface area contributed by atoms with E-state index in [4.69, 9.17) is 5.73 Å². The number of fused-ring (bicyclic) bond motifs is 1. The Morgan fingerprint density at radius 2 is 2.17 bits per heavy atom. The number of hydrogen-bond acceptors (Lipinski definition) is 3. The molecule has 0 radical (unpaired) electrons. The van der Waals surface area contributed by atoms with E-state index in [1.807, 2.05) is 0 Å². The second-order valence-electron chi connectivity index (χ2n) is 3.78. The SMILES string of the molecule is C[C@@H](c1nn2cccnc2c1C(N)=O)C(F)(F)F. The lowest BCUT2D eigenvalue weighted by Gasteiger charge is -2.13. The minimum Gasteiger partial charge on any atom is -0.365 e. The van der Waals surface area contributed by atoms with Crippen LogP contribution in [0.15, 0.2) is 18.5 Å². The summed E-state index contributed by atoms with van der Waals surface area (Å²) in [5.74, 6) is -2.86. The van der Waals surface area contributed by atoms with Gasteiger partial charge in [-0.2, -0.15) is 18.3 Å². The van der Waals surface area contributed by atoms with E-state index in [9.17, 15) is 18.0 Å². The van der Waals surface area contributed by atoms with Crippen molar-refractivity contribution in [2.75, 3.05) is 0 Å². The Bertz CT molecular complexity index is 605. The minimum atomic E-state index is -4.50. The molecular weight excluding hydrogens is 249 g/mol. The van der Waals surface area contributed by atoms with Crippen LogP contribution in [0.1, 0.15) is 28.9 Å². The van der Waals surface area contributed by atoms with Gasteiger partial charge in [0.25, 0.3) is 5.91 Å². The summed E-state index contributed by atoms with van der Waals surface area (Å²) < 4.78 is 39.2. The van der Waals surface area contributed by atoms with E-state index in [0.717, 1.165) is 11.4 Å². The van der Waals surface area contributed by atoms with Gasteiger partial charge in [-0.3, -0.25) is 4.79 Å². The topological polar surface area (TPSA) is 73.3 Å². The third-order valence-electron chi connectivity index (χ3n) is 2.57. The lowest BCUT2D eigenvalue weighted by atomic mass is 10.0. The van der Waals surface area contributed by atoms with Gasteiger partial charge >= 0.3 is 6.18 Å². The molecular formula is C10H9F3N4O. The standard InChI is InChI=1S/C10H9F3N4O/c1-5(10(11,12)13)7-6(8(14)18)9-15-3-2-4-17(9)16-7/h2-5H,1H3,(H2,14,18)/t5-/m0/s1. The van der Waals surface area contributed by atoms with Crippen LogP contribution in [0.3, 0.4) is 0 Å². The van der Waals surface area contributed by atoms with Gasteiger partial charge in [0.05, 0.1) is 11.6 Å². The highest BCUT2D eigenvalue weighted by atomic mass is 19.4. The van der Waals surface area contributed by atoms with Crippen molar-refractivity contribution in [3.05, 3.63) is 29.7 Å². The Kier molecular flexibility index (Phi) is 2.72. The fourth-order valence-electron chi connectivity index (χ4n) is 1.60. The summed E-state index contributed by atoms with van der Waals surface area (Å²) in [6.45, 7) is 0.925. The van der Waals surface area contributed by atoms with Crippen molar-refractivity contribution in [1.29, 1.82) is 0 Å². The zero-order chi connectivity index (χ0) is 13.5. The summed E-state index contributed by atoms with van der Waals surface area (Å²) in [4.78, 5) is 15.1. The summed E-state index contributed by atoms with van der Waals surface area (Å²) in [7, 11) is 0. The van der Waals surface area contributed by atoms with Gasteiger partial charge in [-0.25, -0.2) is 9.50 Å². The Hall–Kier alpha value is -2.12. The molecule has 0 fully saturated rings. The van der Waals surface area contributed by atoms with Crippen molar-refractivity contribution in [3.63, 3.8) is 0 Å². The monoisotopic (exact) mass is 258 g/mol. The molecule has 0 aliphatic rings. The van der Waals surface area contributed by atoms with Crippen molar-refractivity contribution in [3.8, 4) is 0 Å². The largest absolute Gasteiger partial charge is 0.397 e. The zero-order valence-electron chi connectivity index (χ0n) is 9.27. The van der Waals surface area contributed by atoms with Gasteiger partial charge in [0.1, 0.15) is 5.56 Å². The molecule has 8 heteroatoms. The first-order valence-electron chi connectivity index (χ1n) is 5.02. The Morgan fingerprint density at radius 1 is 1.50 bits per heavy atom. The summed E-state index contributed by atoms with van der Waals surface area (Å²) in [5, 5.41) is 3.73. The Balaban J connectivity index is 2.71. The van der Waals surface area contributed by atoms with Crippen LogP contribution < -0.4 is 5.73 Å². The molecule has 2 N–H and O–H groups in total. The maximum atomic E-state index is 12.7. The van der Waals surface area contributed by atoms with Crippen molar-refractivity contribution < 1.29 is 18.0 Å². The van der Waals surface area contributed by atoms with Crippen LogP contribution in [0.25, 0.3) is 5.65 Å². The molecule has 0 saturated carbocycles. The summed E-state index contributed by atoms with van der Waals surface area (Å²) in [5.41, 5.74) is 4.43. The zero-order valence-corrected chi connectivity index (χ0v) is 9.27. The molecule has 0 saturated heterocycles. The molecule has 18 heavy (non-hydrogen) atoms. The molecule has 1 atom stereocenters. The molecule has 0 unspecified atom stereocenters. The van der Waals surface area contributed by atoms with Crippen LogP contribution in [-0.2, 0) is 0 Å². The molecule has 0 spiro atoms. The van der Waals surface area contributed by atoms with E-state index < -0.39 is 23.7 Å². The number of primary amides is 1.